The van der Waals surface area contributed by atoms with Gasteiger partial charge in [-0.1, -0.05) is 23.7 Å². The number of nitrogens with zero attached hydrogens (tertiary/aromatic N) is 3. The molecule has 1 fully saturated rings. The van der Waals surface area contributed by atoms with Crippen LogP contribution in [0.1, 0.15) is 0 Å². The van der Waals surface area contributed by atoms with E-state index < -0.39 is 0 Å². The minimum Gasteiger partial charge on any atom is -0.368 e. The Balaban J connectivity index is 1.59. The Hall–Kier alpha value is -2.27. The predicted octanol–water partition coefficient (Wildman–Crippen LogP) is 1.85. The summed E-state index contributed by atoms with van der Waals surface area (Å²) < 4.78 is 1.44. The van der Waals surface area contributed by atoms with Crippen LogP contribution in [0, 0.1) is 0 Å². The normalized spacial score (nSPS) is 14.8. The van der Waals surface area contributed by atoms with E-state index in [1.807, 2.05) is 24.3 Å². The summed E-state index contributed by atoms with van der Waals surface area (Å²) in [6, 6.07) is 12.6. The molecule has 2 aromatic rings. The fourth-order valence-corrected chi connectivity index (χ4v) is 2.91. The third-order valence-electron chi connectivity index (χ3n) is 4.01. The molecule has 1 aliphatic heterocycles. The first-order valence-electron chi connectivity index (χ1n) is 7.57. The highest BCUT2D eigenvalue weighted by Crippen LogP contribution is 2.20. The van der Waals surface area contributed by atoms with Crippen molar-refractivity contribution in [2.24, 2.45) is 0 Å². The van der Waals surface area contributed by atoms with Crippen LogP contribution in [0.15, 0.2) is 53.5 Å². The number of piperazine rings is 1. The number of hydrogen-bond donors (Lipinski definition) is 0. The molecule has 5 nitrogen and oxygen atoms in total. The van der Waals surface area contributed by atoms with Gasteiger partial charge < -0.3 is 14.4 Å². The molecule has 23 heavy (non-hydrogen) atoms. The van der Waals surface area contributed by atoms with E-state index in [0.717, 1.165) is 18.8 Å². The van der Waals surface area contributed by atoms with Crippen molar-refractivity contribution in [3.05, 3.63) is 64.0 Å². The van der Waals surface area contributed by atoms with Crippen molar-refractivity contribution < 1.29 is 4.79 Å². The maximum atomic E-state index is 12.3. The zero-order chi connectivity index (χ0) is 16.2. The third-order valence-corrected chi connectivity index (χ3v) is 4.25. The molecular weight excluding hydrogens is 314 g/mol. The summed E-state index contributed by atoms with van der Waals surface area (Å²) in [7, 11) is 0. The monoisotopic (exact) mass is 331 g/mol. The lowest BCUT2D eigenvalue weighted by molar-refractivity contribution is -0.132. The zero-order valence-corrected chi connectivity index (χ0v) is 13.4. The maximum Gasteiger partial charge on any atom is 0.250 e. The highest BCUT2D eigenvalue weighted by atomic mass is 35.5. The van der Waals surface area contributed by atoms with E-state index in [9.17, 15) is 9.59 Å². The zero-order valence-electron chi connectivity index (χ0n) is 12.7. The van der Waals surface area contributed by atoms with E-state index in [1.54, 1.807) is 23.2 Å². The third kappa shape index (κ3) is 3.74. The van der Waals surface area contributed by atoms with Crippen LogP contribution in [-0.4, -0.2) is 41.6 Å². The molecular formula is C17H18ClN3O2. The molecule has 3 rings (SSSR count). The molecule has 0 unspecified atom stereocenters. The Labute approximate surface area is 139 Å². The van der Waals surface area contributed by atoms with Crippen molar-refractivity contribution in [3.8, 4) is 0 Å². The van der Waals surface area contributed by atoms with Gasteiger partial charge in [-0.25, -0.2) is 0 Å². The van der Waals surface area contributed by atoms with E-state index in [-0.39, 0.29) is 18.0 Å². The van der Waals surface area contributed by atoms with Crippen molar-refractivity contribution in [3.63, 3.8) is 0 Å². The van der Waals surface area contributed by atoms with Crippen LogP contribution in [0.5, 0.6) is 0 Å². The molecule has 0 atom stereocenters. The number of carbonyl (C=O) groups is 1. The molecule has 0 N–H and O–H groups in total. The number of aromatic nitrogens is 1. The number of rotatable bonds is 3. The standard InChI is InChI=1S/C17H18ClN3O2/c18-14-4-3-5-15(12-14)19-8-10-20(11-9-19)17(23)13-21-7-2-1-6-16(21)22/h1-7,12H,8-11,13H2. The molecule has 1 aliphatic rings. The second-order valence-corrected chi connectivity index (χ2v) is 5.95. The quantitative estimate of drug-likeness (QED) is 0.862. The topological polar surface area (TPSA) is 45.6 Å². The summed E-state index contributed by atoms with van der Waals surface area (Å²) >= 11 is 6.02. The van der Waals surface area contributed by atoms with Gasteiger partial charge in [-0.05, 0) is 24.3 Å². The lowest BCUT2D eigenvalue weighted by Crippen LogP contribution is -2.50. The van der Waals surface area contributed by atoms with Gasteiger partial charge in [0.25, 0.3) is 5.56 Å². The van der Waals surface area contributed by atoms with Gasteiger partial charge in [0.1, 0.15) is 6.54 Å². The molecule has 0 aliphatic carbocycles. The molecule has 0 radical (unpaired) electrons. The van der Waals surface area contributed by atoms with Crippen molar-refractivity contribution in [2.45, 2.75) is 6.54 Å². The largest absolute Gasteiger partial charge is 0.368 e. The minimum absolute atomic E-state index is 0.0240. The molecule has 1 amide bonds. The lowest BCUT2D eigenvalue weighted by atomic mass is 10.2. The Morgan fingerprint density at radius 1 is 1.04 bits per heavy atom. The van der Waals surface area contributed by atoms with Crippen molar-refractivity contribution in [1.82, 2.24) is 9.47 Å². The van der Waals surface area contributed by atoms with Crippen LogP contribution in [0.3, 0.4) is 0 Å². The smallest absolute Gasteiger partial charge is 0.250 e. The summed E-state index contributed by atoms with van der Waals surface area (Å²) in [6.45, 7) is 2.91. The molecule has 0 bridgehead atoms. The van der Waals surface area contributed by atoms with Gasteiger partial charge in [-0.3, -0.25) is 9.59 Å². The van der Waals surface area contributed by atoms with E-state index in [4.69, 9.17) is 11.6 Å². The summed E-state index contributed by atoms with van der Waals surface area (Å²) in [4.78, 5) is 28.0. The van der Waals surface area contributed by atoms with E-state index in [1.165, 1.54) is 10.6 Å². The van der Waals surface area contributed by atoms with E-state index in [0.29, 0.717) is 18.1 Å². The maximum absolute atomic E-state index is 12.3. The Kier molecular flexibility index (Phi) is 4.67. The van der Waals surface area contributed by atoms with Crippen molar-refractivity contribution >= 4 is 23.2 Å². The van der Waals surface area contributed by atoms with Gasteiger partial charge in [0.15, 0.2) is 0 Å². The Morgan fingerprint density at radius 3 is 2.52 bits per heavy atom. The van der Waals surface area contributed by atoms with Crippen LogP contribution < -0.4 is 10.5 Å². The highest BCUT2D eigenvalue weighted by Gasteiger charge is 2.21. The van der Waals surface area contributed by atoms with Crippen LogP contribution in [-0.2, 0) is 11.3 Å². The number of carbonyl (C=O) groups excluding carboxylic acids is 1. The average molecular weight is 332 g/mol. The fraction of sp³-hybridized carbons (Fsp3) is 0.294. The Bertz CT molecular complexity index is 751. The van der Waals surface area contributed by atoms with Crippen LogP contribution in [0.25, 0.3) is 0 Å². The van der Waals surface area contributed by atoms with Crippen molar-refractivity contribution in [1.29, 1.82) is 0 Å². The molecule has 0 spiro atoms. The first-order chi connectivity index (χ1) is 11.1. The molecule has 1 saturated heterocycles. The van der Waals surface area contributed by atoms with E-state index >= 15 is 0 Å². The minimum atomic E-state index is -0.154. The molecule has 6 heteroatoms. The number of hydrogen-bond acceptors (Lipinski definition) is 3. The van der Waals surface area contributed by atoms with Gasteiger partial charge in [0.05, 0.1) is 0 Å². The molecule has 0 saturated carbocycles. The van der Waals surface area contributed by atoms with Gasteiger partial charge >= 0.3 is 0 Å². The van der Waals surface area contributed by atoms with Crippen molar-refractivity contribution in [2.75, 3.05) is 31.1 Å². The highest BCUT2D eigenvalue weighted by molar-refractivity contribution is 6.30. The number of amides is 1. The summed E-state index contributed by atoms with van der Waals surface area (Å²) in [5, 5.41) is 0.712. The summed E-state index contributed by atoms with van der Waals surface area (Å²) in [6.07, 6.45) is 1.64. The number of benzene rings is 1. The average Bonchev–Trinajstić information content (AvgIpc) is 2.57. The SMILES string of the molecule is O=C(Cn1ccccc1=O)N1CCN(c2cccc(Cl)c2)CC1. The molecule has 1 aromatic heterocycles. The van der Waals surface area contributed by atoms with Gasteiger partial charge in [0.2, 0.25) is 5.91 Å². The molecule has 120 valence electrons. The van der Waals surface area contributed by atoms with Gasteiger partial charge in [-0.15, -0.1) is 0 Å². The first-order valence-corrected chi connectivity index (χ1v) is 7.95. The lowest BCUT2D eigenvalue weighted by Gasteiger charge is -2.36. The van der Waals surface area contributed by atoms with Crippen LogP contribution in [0.2, 0.25) is 5.02 Å². The fourth-order valence-electron chi connectivity index (χ4n) is 2.72. The van der Waals surface area contributed by atoms with Crippen LogP contribution >= 0.6 is 11.6 Å². The Morgan fingerprint density at radius 2 is 1.83 bits per heavy atom. The van der Waals surface area contributed by atoms with Gasteiger partial charge in [-0.2, -0.15) is 0 Å². The van der Waals surface area contributed by atoms with Gasteiger partial charge in [0, 0.05) is 49.2 Å². The van der Waals surface area contributed by atoms with E-state index in [2.05, 4.69) is 4.90 Å². The summed E-state index contributed by atoms with van der Waals surface area (Å²) in [5.74, 6) is -0.0240. The molecule has 2 heterocycles. The number of pyridine rings is 1. The molecule has 1 aromatic carbocycles. The predicted molar refractivity (Wildman–Crippen MR) is 90.9 cm³/mol. The van der Waals surface area contributed by atoms with Crippen LogP contribution in [0.4, 0.5) is 5.69 Å². The number of anilines is 1. The second kappa shape index (κ2) is 6.87. The summed E-state index contributed by atoms with van der Waals surface area (Å²) in [5.41, 5.74) is 0.919. The first kappa shape index (κ1) is 15.6. The number of halogens is 1. The second-order valence-electron chi connectivity index (χ2n) is 5.51.